The highest BCUT2D eigenvalue weighted by atomic mass is 28.1. The van der Waals surface area contributed by atoms with Crippen LogP contribution in [0.15, 0.2) is 36.6 Å². The molecular weight excluding hydrogens is 124 g/mol. The van der Waals surface area contributed by atoms with Gasteiger partial charge in [-0.05, 0) is 12.8 Å². The third-order valence-corrected chi connectivity index (χ3v) is 1.92. The molecule has 0 rings (SSSR count). The SMILES string of the molecule is C=CCC=C([SiH3])CC=C. The summed E-state index contributed by atoms with van der Waals surface area (Å²) in [6, 6.07) is 0. The van der Waals surface area contributed by atoms with Gasteiger partial charge in [0.1, 0.15) is 0 Å². The van der Waals surface area contributed by atoms with Crippen LogP contribution in [0.3, 0.4) is 0 Å². The molecule has 0 aromatic carbocycles. The molecule has 0 aliphatic heterocycles. The second kappa shape index (κ2) is 5.57. The minimum atomic E-state index is 1.01. The molecule has 0 bridgehead atoms. The molecule has 1 heteroatoms. The van der Waals surface area contributed by atoms with Crippen molar-refractivity contribution in [2.45, 2.75) is 12.8 Å². The summed E-state index contributed by atoms with van der Waals surface area (Å²) in [6.45, 7) is 7.30. The summed E-state index contributed by atoms with van der Waals surface area (Å²) in [5.41, 5.74) is 0. The highest BCUT2D eigenvalue weighted by Gasteiger charge is 1.80. The fourth-order valence-electron chi connectivity index (χ4n) is 0.596. The van der Waals surface area contributed by atoms with Crippen molar-refractivity contribution in [3.05, 3.63) is 36.6 Å². The minimum Gasteiger partial charge on any atom is -0.103 e. The number of hydrogen-bond acceptors (Lipinski definition) is 0. The predicted octanol–water partition coefficient (Wildman–Crippen LogP) is 1.39. The van der Waals surface area contributed by atoms with Crippen molar-refractivity contribution >= 4 is 10.2 Å². The van der Waals surface area contributed by atoms with Gasteiger partial charge < -0.3 is 0 Å². The van der Waals surface area contributed by atoms with Crippen LogP contribution in [0, 0.1) is 0 Å². The van der Waals surface area contributed by atoms with Crippen LogP contribution in [0.5, 0.6) is 0 Å². The van der Waals surface area contributed by atoms with Crippen LogP contribution >= 0.6 is 0 Å². The van der Waals surface area contributed by atoms with Crippen LogP contribution in [-0.2, 0) is 0 Å². The molecule has 0 heterocycles. The highest BCUT2D eigenvalue weighted by Crippen LogP contribution is 1.97. The van der Waals surface area contributed by atoms with E-state index in [1.165, 1.54) is 5.20 Å². The Hall–Kier alpha value is -0.563. The normalized spacial score (nSPS) is 11.3. The van der Waals surface area contributed by atoms with Crippen LogP contribution in [0.25, 0.3) is 0 Å². The first-order chi connectivity index (χ1) is 4.31. The van der Waals surface area contributed by atoms with Gasteiger partial charge in [0.05, 0.1) is 0 Å². The third kappa shape index (κ3) is 5.31. The average molecular weight is 138 g/mol. The second-order valence-corrected chi connectivity index (χ2v) is 3.35. The molecule has 0 radical (unpaired) electrons. The Balaban J connectivity index is 3.53. The van der Waals surface area contributed by atoms with E-state index in [2.05, 4.69) is 19.2 Å². The Morgan fingerprint density at radius 3 is 2.44 bits per heavy atom. The minimum absolute atomic E-state index is 1.01. The van der Waals surface area contributed by atoms with Gasteiger partial charge in [0.2, 0.25) is 0 Å². The van der Waals surface area contributed by atoms with Gasteiger partial charge in [0, 0.05) is 10.2 Å². The lowest BCUT2D eigenvalue weighted by molar-refractivity contribution is 1.29. The van der Waals surface area contributed by atoms with Crippen molar-refractivity contribution in [3.63, 3.8) is 0 Å². The zero-order valence-electron chi connectivity index (χ0n) is 6.06. The smallest absolute Gasteiger partial charge is 0.0333 e. The van der Waals surface area contributed by atoms with Gasteiger partial charge in [-0.1, -0.05) is 23.4 Å². The molecule has 0 aliphatic rings. The van der Waals surface area contributed by atoms with Gasteiger partial charge in [-0.25, -0.2) is 0 Å². The van der Waals surface area contributed by atoms with E-state index in [0.29, 0.717) is 0 Å². The first-order valence-electron chi connectivity index (χ1n) is 3.18. The highest BCUT2D eigenvalue weighted by molar-refractivity contribution is 6.21. The zero-order chi connectivity index (χ0) is 7.11. The van der Waals surface area contributed by atoms with Gasteiger partial charge in [-0.3, -0.25) is 0 Å². The molecule has 0 amide bonds. The fraction of sp³-hybridized carbons (Fsp3) is 0.250. The Kier molecular flexibility index (Phi) is 5.22. The first kappa shape index (κ1) is 8.44. The van der Waals surface area contributed by atoms with E-state index in [9.17, 15) is 0 Å². The molecule has 0 fully saturated rings. The maximum atomic E-state index is 3.66. The van der Waals surface area contributed by atoms with E-state index in [1.54, 1.807) is 0 Å². The molecule has 0 atom stereocenters. The van der Waals surface area contributed by atoms with Crippen LogP contribution in [0.2, 0.25) is 0 Å². The predicted molar refractivity (Wildman–Crippen MR) is 47.7 cm³/mol. The van der Waals surface area contributed by atoms with Gasteiger partial charge >= 0.3 is 0 Å². The summed E-state index contributed by atoms with van der Waals surface area (Å²) < 4.78 is 0. The number of allylic oxidation sites excluding steroid dienone is 4. The second-order valence-electron chi connectivity index (χ2n) is 2.07. The molecule has 0 N–H and O–H groups in total. The first-order valence-corrected chi connectivity index (χ1v) is 4.18. The lowest BCUT2D eigenvalue weighted by atomic mass is 10.3. The van der Waals surface area contributed by atoms with Crippen LogP contribution in [-0.4, -0.2) is 10.2 Å². The van der Waals surface area contributed by atoms with Crippen molar-refractivity contribution in [1.82, 2.24) is 0 Å². The maximum Gasteiger partial charge on any atom is 0.0333 e. The summed E-state index contributed by atoms with van der Waals surface area (Å²) in [5, 5.41) is 1.50. The van der Waals surface area contributed by atoms with E-state index in [0.717, 1.165) is 23.1 Å². The fourth-order valence-corrected chi connectivity index (χ4v) is 1.12. The molecule has 0 nitrogen and oxygen atoms in total. The molecule has 0 unspecified atom stereocenters. The lowest BCUT2D eigenvalue weighted by Crippen LogP contribution is -1.76. The molecular formula is C8H14Si. The van der Waals surface area contributed by atoms with Crippen LogP contribution in [0.1, 0.15) is 12.8 Å². The zero-order valence-corrected chi connectivity index (χ0v) is 8.06. The molecule has 50 valence electrons. The topological polar surface area (TPSA) is 0 Å². The van der Waals surface area contributed by atoms with Gasteiger partial charge in [0.15, 0.2) is 0 Å². The molecule has 0 spiro atoms. The van der Waals surface area contributed by atoms with Crippen LogP contribution < -0.4 is 0 Å². The van der Waals surface area contributed by atoms with Crippen molar-refractivity contribution in [3.8, 4) is 0 Å². The Labute approximate surface area is 60.4 Å². The quantitative estimate of drug-likeness (QED) is 0.407. The summed E-state index contributed by atoms with van der Waals surface area (Å²) in [7, 11) is 1.16. The third-order valence-electron chi connectivity index (χ3n) is 1.10. The number of rotatable bonds is 4. The molecule has 0 saturated heterocycles. The Bertz CT molecular complexity index is 123. The van der Waals surface area contributed by atoms with Crippen molar-refractivity contribution < 1.29 is 0 Å². The summed E-state index contributed by atoms with van der Waals surface area (Å²) >= 11 is 0. The van der Waals surface area contributed by atoms with Gasteiger partial charge in [-0.2, -0.15) is 0 Å². The Morgan fingerprint density at radius 1 is 1.33 bits per heavy atom. The summed E-state index contributed by atoms with van der Waals surface area (Å²) in [6.07, 6.45) is 8.15. The van der Waals surface area contributed by atoms with E-state index < -0.39 is 0 Å². The summed E-state index contributed by atoms with van der Waals surface area (Å²) in [4.78, 5) is 0. The van der Waals surface area contributed by atoms with E-state index >= 15 is 0 Å². The van der Waals surface area contributed by atoms with Crippen molar-refractivity contribution in [2.75, 3.05) is 0 Å². The molecule has 0 saturated carbocycles. The van der Waals surface area contributed by atoms with Gasteiger partial charge in [0.25, 0.3) is 0 Å². The molecule has 0 aliphatic carbocycles. The average Bonchev–Trinajstić information content (AvgIpc) is 1.85. The Morgan fingerprint density at radius 2 is 2.00 bits per heavy atom. The maximum absolute atomic E-state index is 3.66. The van der Waals surface area contributed by atoms with E-state index in [1.807, 2.05) is 12.2 Å². The van der Waals surface area contributed by atoms with Gasteiger partial charge in [-0.15, -0.1) is 13.2 Å². The number of hydrogen-bond donors (Lipinski definition) is 0. The molecule has 9 heavy (non-hydrogen) atoms. The van der Waals surface area contributed by atoms with E-state index in [4.69, 9.17) is 0 Å². The molecule has 0 aromatic rings. The van der Waals surface area contributed by atoms with Crippen molar-refractivity contribution in [2.24, 2.45) is 0 Å². The largest absolute Gasteiger partial charge is 0.103 e. The summed E-state index contributed by atoms with van der Waals surface area (Å²) in [5.74, 6) is 0. The lowest BCUT2D eigenvalue weighted by Gasteiger charge is -1.91. The van der Waals surface area contributed by atoms with E-state index in [-0.39, 0.29) is 0 Å². The van der Waals surface area contributed by atoms with Crippen LogP contribution in [0.4, 0.5) is 0 Å². The monoisotopic (exact) mass is 138 g/mol. The van der Waals surface area contributed by atoms with Crippen molar-refractivity contribution in [1.29, 1.82) is 0 Å². The molecule has 0 aromatic heterocycles. The standard InChI is InChI=1S/C8H14Si/c1-3-5-7-8(9)6-4-2/h3-4,7H,1-2,5-6H2,9H3.